The molecule has 1 aliphatic heterocycles. The van der Waals surface area contributed by atoms with Gasteiger partial charge in [0.25, 0.3) is 0 Å². The molecule has 0 bridgehead atoms. The van der Waals surface area contributed by atoms with Gasteiger partial charge in [0, 0.05) is 23.7 Å². The van der Waals surface area contributed by atoms with Gasteiger partial charge in [-0.2, -0.15) is 0 Å². The van der Waals surface area contributed by atoms with Crippen molar-refractivity contribution in [2.24, 2.45) is 0 Å². The third-order valence-corrected chi connectivity index (χ3v) is 8.58. The Balaban J connectivity index is 2.71. The number of carbonyl (C=O) groups excluding carboxylic acids is 1. The number of nitrogens with one attached hydrogen (secondary N) is 1. The second-order valence-electron chi connectivity index (χ2n) is 15.6. The lowest BCUT2D eigenvalue weighted by Crippen LogP contribution is -2.64. The van der Waals surface area contributed by atoms with Crippen LogP contribution in [0.4, 0.5) is 0 Å². The smallest absolute Gasteiger partial charge is 0.233 e. The Hall–Kier alpha value is -1.55. The Kier molecular flexibility index (Phi) is 9.90. The minimum Gasteiger partial charge on any atom is -0.507 e. The molecule has 1 fully saturated rings. The van der Waals surface area contributed by atoms with Crippen molar-refractivity contribution < 1.29 is 9.90 Å². The van der Waals surface area contributed by atoms with E-state index in [0.717, 1.165) is 48.8 Å². The molecule has 2 N–H and O–H groups in total. The maximum absolute atomic E-state index is 14.8. The number of aromatic hydroxyl groups is 1. The first-order valence-corrected chi connectivity index (χ1v) is 15.2. The summed E-state index contributed by atoms with van der Waals surface area (Å²) in [7, 11) is 0. The number of nitrogens with zero attached hydrogens (tertiary/aromatic N) is 1. The maximum atomic E-state index is 14.8. The molecule has 218 valence electrons. The first-order chi connectivity index (χ1) is 17.2. The second-order valence-corrected chi connectivity index (χ2v) is 15.6. The van der Waals surface area contributed by atoms with Gasteiger partial charge in [0.1, 0.15) is 5.75 Å². The van der Waals surface area contributed by atoms with Crippen LogP contribution in [-0.2, 0) is 21.0 Å². The van der Waals surface area contributed by atoms with E-state index in [2.05, 4.69) is 112 Å². The predicted octanol–water partition coefficient (Wildman–Crippen LogP) is 8.37. The van der Waals surface area contributed by atoms with Crippen LogP contribution < -0.4 is 5.32 Å². The van der Waals surface area contributed by atoms with Crippen LogP contribution in [-0.4, -0.2) is 39.6 Å². The number of hydrogen-bond donors (Lipinski definition) is 2. The summed E-state index contributed by atoms with van der Waals surface area (Å²) in [4.78, 5) is 17.0. The minimum atomic E-state index is -0.656. The Morgan fingerprint density at radius 3 is 1.76 bits per heavy atom. The Morgan fingerprint density at radius 1 is 0.895 bits per heavy atom. The summed E-state index contributed by atoms with van der Waals surface area (Å²) in [5.74, 6) is 0.615. The molecule has 0 aliphatic carbocycles. The van der Waals surface area contributed by atoms with E-state index < -0.39 is 5.41 Å². The lowest BCUT2D eigenvalue weighted by atomic mass is 9.70. The van der Waals surface area contributed by atoms with E-state index in [-0.39, 0.29) is 33.9 Å². The zero-order chi connectivity index (χ0) is 29.3. The molecule has 0 aromatic heterocycles. The van der Waals surface area contributed by atoms with Crippen LogP contribution in [0.3, 0.4) is 0 Å². The van der Waals surface area contributed by atoms with Gasteiger partial charge < -0.3 is 15.3 Å². The molecule has 0 radical (unpaired) electrons. The number of unbranched alkanes of at least 4 members (excludes halogenated alkanes) is 3. The minimum absolute atomic E-state index is 0.0327. The molecule has 0 saturated carbocycles. The highest BCUT2D eigenvalue weighted by Gasteiger charge is 2.46. The van der Waals surface area contributed by atoms with Crippen molar-refractivity contribution in [2.75, 3.05) is 6.54 Å². The van der Waals surface area contributed by atoms with Crippen LogP contribution >= 0.6 is 0 Å². The number of hydrogen-bond acceptors (Lipinski definition) is 3. The third kappa shape index (κ3) is 7.55. The zero-order valence-corrected chi connectivity index (χ0v) is 27.2. The standard InChI is InChI=1S/C34H60N2O2/c1-14-16-17-18-19-34(13,24-20-26(30(3,4)5)28(37)27(21-24)31(6,7)8)29(38)36(15-2)25-22-32(9,10)35-33(11,12)23-25/h20-21,25,35,37H,14-19,22-23H2,1-13H3. The third-order valence-electron chi connectivity index (χ3n) is 8.58. The normalized spacial score (nSPS) is 19.7. The lowest BCUT2D eigenvalue weighted by Gasteiger charge is -2.51. The molecule has 1 aliphatic rings. The quantitative estimate of drug-likeness (QED) is 0.317. The topological polar surface area (TPSA) is 52.6 Å². The summed E-state index contributed by atoms with van der Waals surface area (Å²) in [6.45, 7) is 29.2. The summed E-state index contributed by atoms with van der Waals surface area (Å²) >= 11 is 0. The summed E-state index contributed by atoms with van der Waals surface area (Å²) in [5.41, 5.74) is 1.72. The van der Waals surface area contributed by atoms with Gasteiger partial charge >= 0.3 is 0 Å². The number of piperidine rings is 1. The van der Waals surface area contributed by atoms with Gasteiger partial charge in [0.05, 0.1) is 5.41 Å². The molecule has 0 spiro atoms. The molecule has 1 aromatic rings. The molecule has 2 rings (SSSR count). The number of carbonyl (C=O) groups is 1. The highest BCUT2D eigenvalue weighted by atomic mass is 16.3. The van der Waals surface area contributed by atoms with Crippen LogP contribution in [0.2, 0.25) is 0 Å². The molecule has 1 atom stereocenters. The number of benzene rings is 1. The average Bonchev–Trinajstić information content (AvgIpc) is 2.73. The van der Waals surface area contributed by atoms with Crippen LogP contribution in [0.5, 0.6) is 5.75 Å². The highest BCUT2D eigenvalue weighted by Crippen LogP contribution is 2.44. The monoisotopic (exact) mass is 528 g/mol. The van der Waals surface area contributed by atoms with Crippen LogP contribution in [0.15, 0.2) is 12.1 Å². The highest BCUT2D eigenvalue weighted by molar-refractivity contribution is 5.88. The van der Waals surface area contributed by atoms with E-state index in [0.29, 0.717) is 12.3 Å². The molecule has 1 heterocycles. The molecule has 1 saturated heterocycles. The second kappa shape index (κ2) is 11.5. The van der Waals surface area contributed by atoms with Gasteiger partial charge in [0.15, 0.2) is 0 Å². The molecule has 1 aromatic carbocycles. The maximum Gasteiger partial charge on any atom is 0.233 e. The number of phenols is 1. The number of likely N-dealkylation sites (N-methyl/N-ethyl adjacent to an activating group) is 1. The van der Waals surface area contributed by atoms with Gasteiger partial charge in [-0.3, -0.25) is 4.79 Å². The van der Waals surface area contributed by atoms with E-state index in [1.165, 1.54) is 12.8 Å². The van der Waals surface area contributed by atoms with Gasteiger partial charge in [-0.05, 0) is 88.3 Å². The summed E-state index contributed by atoms with van der Waals surface area (Å²) in [5, 5.41) is 15.2. The van der Waals surface area contributed by atoms with E-state index >= 15 is 0 Å². The zero-order valence-electron chi connectivity index (χ0n) is 27.2. The molecule has 4 nitrogen and oxygen atoms in total. The fraction of sp³-hybridized carbons (Fsp3) is 0.794. The van der Waals surface area contributed by atoms with Crippen molar-refractivity contribution in [3.8, 4) is 5.75 Å². The summed E-state index contributed by atoms with van der Waals surface area (Å²) in [6.07, 6.45) is 7.22. The van der Waals surface area contributed by atoms with Crippen molar-refractivity contribution in [1.82, 2.24) is 10.2 Å². The molecule has 1 amide bonds. The van der Waals surface area contributed by atoms with Gasteiger partial charge in [-0.1, -0.05) is 86.3 Å². The van der Waals surface area contributed by atoms with Crippen LogP contribution in [0, 0.1) is 0 Å². The van der Waals surface area contributed by atoms with Crippen LogP contribution in [0.25, 0.3) is 0 Å². The van der Waals surface area contributed by atoms with Gasteiger partial charge in [-0.25, -0.2) is 0 Å². The first-order valence-electron chi connectivity index (χ1n) is 15.2. The molecular weight excluding hydrogens is 468 g/mol. The summed E-state index contributed by atoms with van der Waals surface area (Å²) in [6, 6.07) is 4.48. The average molecular weight is 529 g/mol. The number of rotatable bonds is 9. The molecule has 4 heteroatoms. The van der Waals surface area contributed by atoms with Gasteiger partial charge in [-0.15, -0.1) is 0 Å². The molecule has 1 unspecified atom stereocenters. The lowest BCUT2D eigenvalue weighted by molar-refractivity contribution is -0.141. The fourth-order valence-corrected chi connectivity index (χ4v) is 6.75. The number of amides is 1. The van der Waals surface area contributed by atoms with Crippen molar-refractivity contribution in [3.05, 3.63) is 28.8 Å². The van der Waals surface area contributed by atoms with Crippen LogP contribution in [0.1, 0.15) is 152 Å². The van der Waals surface area contributed by atoms with Gasteiger partial charge in [0.2, 0.25) is 5.91 Å². The van der Waals surface area contributed by atoms with E-state index in [1.807, 2.05) is 0 Å². The fourth-order valence-electron chi connectivity index (χ4n) is 6.75. The summed E-state index contributed by atoms with van der Waals surface area (Å²) < 4.78 is 0. The van der Waals surface area contributed by atoms with Crippen molar-refractivity contribution in [3.63, 3.8) is 0 Å². The Morgan fingerprint density at radius 2 is 1.37 bits per heavy atom. The van der Waals surface area contributed by atoms with E-state index in [1.54, 1.807) is 0 Å². The van der Waals surface area contributed by atoms with E-state index in [9.17, 15) is 9.90 Å². The Labute approximate surface area is 235 Å². The number of phenolic OH excluding ortho intramolecular Hbond substituents is 1. The SMILES string of the molecule is CCCCCCC(C)(C(=O)N(CC)C1CC(C)(C)NC(C)(C)C1)c1cc(C(C)(C)C)c(O)c(C(C)(C)C)c1. The molecular formula is C34H60N2O2. The van der Waals surface area contributed by atoms with Crippen molar-refractivity contribution in [1.29, 1.82) is 0 Å². The molecule has 38 heavy (non-hydrogen) atoms. The van der Waals surface area contributed by atoms with Crippen molar-refractivity contribution in [2.45, 2.75) is 168 Å². The predicted molar refractivity (Wildman–Crippen MR) is 163 cm³/mol. The van der Waals surface area contributed by atoms with Crippen molar-refractivity contribution >= 4 is 5.91 Å². The first kappa shape index (κ1) is 32.7. The Bertz CT molecular complexity index is 913. The largest absolute Gasteiger partial charge is 0.507 e. The van der Waals surface area contributed by atoms with E-state index in [4.69, 9.17) is 0 Å².